The standard InChI is InChI=1S/C17H28FN/c1-4-11-19-13-16(6-5-14(2)3)12-15-7-9-17(18)10-8-15/h7-10,14,16,19H,4-6,11-13H2,1-3H3. The summed E-state index contributed by atoms with van der Waals surface area (Å²) in [6.07, 6.45) is 4.72. The molecular weight excluding hydrogens is 237 g/mol. The number of hydrogen-bond donors (Lipinski definition) is 1. The largest absolute Gasteiger partial charge is 0.316 e. The van der Waals surface area contributed by atoms with Gasteiger partial charge in [0.15, 0.2) is 0 Å². The highest BCUT2D eigenvalue weighted by Crippen LogP contribution is 2.17. The molecule has 1 aromatic rings. The Labute approximate surface area is 117 Å². The van der Waals surface area contributed by atoms with Gasteiger partial charge in [-0.1, -0.05) is 39.3 Å². The van der Waals surface area contributed by atoms with E-state index in [2.05, 4.69) is 26.1 Å². The quantitative estimate of drug-likeness (QED) is 0.652. The van der Waals surface area contributed by atoms with Crippen LogP contribution < -0.4 is 5.32 Å². The van der Waals surface area contributed by atoms with E-state index < -0.39 is 0 Å². The monoisotopic (exact) mass is 265 g/mol. The van der Waals surface area contributed by atoms with Crippen LogP contribution in [0.5, 0.6) is 0 Å². The second-order valence-electron chi connectivity index (χ2n) is 5.87. The number of hydrogen-bond acceptors (Lipinski definition) is 1. The third-order valence-corrected chi connectivity index (χ3v) is 3.45. The molecule has 0 bridgehead atoms. The van der Waals surface area contributed by atoms with Crippen molar-refractivity contribution in [2.75, 3.05) is 13.1 Å². The smallest absolute Gasteiger partial charge is 0.123 e. The van der Waals surface area contributed by atoms with Crippen LogP contribution in [0, 0.1) is 17.7 Å². The van der Waals surface area contributed by atoms with Crippen molar-refractivity contribution in [3.8, 4) is 0 Å². The van der Waals surface area contributed by atoms with E-state index in [0.29, 0.717) is 5.92 Å². The molecule has 2 heteroatoms. The zero-order valence-electron chi connectivity index (χ0n) is 12.6. The first-order chi connectivity index (χ1) is 9.11. The highest BCUT2D eigenvalue weighted by Gasteiger charge is 2.10. The molecule has 0 saturated heterocycles. The molecule has 108 valence electrons. The summed E-state index contributed by atoms with van der Waals surface area (Å²) in [7, 11) is 0. The van der Waals surface area contributed by atoms with Gasteiger partial charge in [0.25, 0.3) is 0 Å². The molecular formula is C17H28FN. The number of nitrogens with one attached hydrogen (secondary N) is 1. The van der Waals surface area contributed by atoms with E-state index in [-0.39, 0.29) is 5.82 Å². The van der Waals surface area contributed by atoms with Crippen LogP contribution in [0.3, 0.4) is 0 Å². The van der Waals surface area contributed by atoms with Gasteiger partial charge in [-0.2, -0.15) is 0 Å². The first kappa shape index (κ1) is 16.2. The topological polar surface area (TPSA) is 12.0 Å². The Balaban J connectivity index is 2.48. The normalized spacial score (nSPS) is 12.9. The molecule has 0 aliphatic heterocycles. The number of rotatable bonds is 9. The van der Waals surface area contributed by atoms with Gasteiger partial charge in [0.05, 0.1) is 0 Å². The van der Waals surface area contributed by atoms with Crippen molar-refractivity contribution >= 4 is 0 Å². The highest BCUT2D eigenvalue weighted by atomic mass is 19.1. The average molecular weight is 265 g/mol. The molecule has 1 aromatic carbocycles. The first-order valence-corrected chi connectivity index (χ1v) is 7.57. The maximum Gasteiger partial charge on any atom is 0.123 e. The van der Waals surface area contributed by atoms with Gasteiger partial charge >= 0.3 is 0 Å². The summed E-state index contributed by atoms with van der Waals surface area (Å²) in [5, 5.41) is 3.52. The third kappa shape index (κ3) is 7.31. The van der Waals surface area contributed by atoms with Gasteiger partial charge in [-0.25, -0.2) is 4.39 Å². The summed E-state index contributed by atoms with van der Waals surface area (Å²) in [5.74, 6) is 1.26. The molecule has 0 aliphatic carbocycles. The van der Waals surface area contributed by atoms with Crippen molar-refractivity contribution < 1.29 is 4.39 Å². The summed E-state index contributed by atoms with van der Waals surface area (Å²) in [6, 6.07) is 6.96. The fraction of sp³-hybridized carbons (Fsp3) is 0.647. The van der Waals surface area contributed by atoms with E-state index in [1.807, 2.05) is 12.1 Å². The SMILES string of the molecule is CCCNCC(CCC(C)C)Cc1ccc(F)cc1. The Morgan fingerprint density at radius 1 is 1.11 bits per heavy atom. The molecule has 1 nitrogen and oxygen atoms in total. The summed E-state index contributed by atoms with van der Waals surface area (Å²) < 4.78 is 12.9. The molecule has 1 unspecified atom stereocenters. The van der Waals surface area contributed by atoms with E-state index in [1.54, 1.807) is 12.1 Å². The van der Waals surface area contributed by atoms with Gasteiger partial charge in [0.1, 0.15) is 5.82 Å². The maximum atomic E-state index is 12.9. The lowest BCUT2D eigenvalue weighted by atomic mass is 9.92. The fourth-order valence-electron chi connectivity index (χ4n) is 2.28. The zero-order chi connectivity index (χ0) is 14.1. The predicted octanol–water partition coefficient (Wildman–Crippen LogP) is 4.42. The van der Waals surface area contributed by atoms with Crippen molar-refractivity contribution in [1.82, 2.24) is 5.32 Å². The van der Waals surface area contributed by atoms with Crippen molar-refractivity contribution in [3.05, 3.63) is 35.6 Å². The zero-order valence-corrected chi connectivity index (χ0v) is 12.6. The number of benzene rings is 1. The molecule has 1 atom stereocenters. The van der Waals surface area contributed by atoms with E-state index >= 15 is 0 Å². The Bertz CT molecular complexity index is 332. The van der Waals surface area contributed by atoms with Gasteiger partial charge in [0.2, 0.25) is 0 Å². The van der Waals surface area contributed by atoms with E-state index in [0.717, 1.165) is 25.4 Å². The van der Waals surface area contributed by atoms with Crippen LogP contribution in [0.1, 0.15) is 45.6 Å². The Morgan fingerprint density at radius 3 is 2.37 bits per heavy atom. The van der Waals surface area contributed by atoms with Crippen molar-refractivity contribution in [3.63, 3.8) is 0 Å². The highest BCUT2D eigenvalue weighted by molar-refractivity contribution is 5.16. The Kier molecular flexibility index (Phi) is 7.73. The Morgan fingerprint density at radius 2 is 1.79 bits per heavy atom. The molecule has 0 aliphatic rings. The second kappa shape index (κ2) is 9.08. The summed E-state index contributed by atoms with van der Waals surface area (Å²) in [5.41, 5.74) is 1.24. The fourth-order valence-corrected chi connectivity index (χ4v) is 2.28. The average Bonchev–Trinajstić information content (AvgIpc) is 2.38. The minimum atomic E-state index is -0.147. The lowest BCUT2D eigenvalue weighted by molar-refractivity contribution is 0.399. The minimum absolute atomic E-state index is 0.147. The molecule has 0 saturated carbocycles. The summed E-state index contributed by atoms with van der Waals surface area (Å²) >= 11 is 0. The van der Waals surface area contributed by atoms with Crippen LogP contribution in [0.15, 0.2) is 24.3 Å². The lowest BCUT2D eigenvalue weighted by Gasteiger charge is -2.19. The molecule has 0 spiro atoms. The van der Waals surface area contributed by atoms with Gasteiger partial charge in [-0.3, -0.25) is 0 Å². The Hall–Kier alpha value is -0.890. The molecule has 0 amide bonds. The van der Waals surface area contributed by atoms with E-state index in [4.69, 9.17) is 0 Å². The first-order valence-electron chi connectivity index (χ1n) is 7.57. The van der Waals surface area contributed by atoms with Gasteiger partial charge < -0.3 is 5.32 Å². The maximum absolute atomic E-state index is 12.9. The molecule has 1 N–H and O–H groups in total. The molecule has 19 heavy (non-hydrogen) atoms. The van der Waals surface area contributed by atoms with Crippen molar-refractivity contribution in [2.24, 2.45) is 11.8 Å². The van der Waals surface area contributed by atoms with Gasteiger partial charge in [0, 0.05) is 0 Å². The van der Waals surface area contributed by atoms with E-state index in [9.17, 15) is 4.39 Å². The van der Waals surface area contributed by atoms with Gasteiger partial charge in [-0.05, 0) is 61.9 Å². The van der Waals surface area contributed by atoms with Crippen LogP contribution >= 0.6 is 0 Å². The van der Waals surface area contributed by atoms with Crippen molar-refractivity contribution in [2.45, 2.75) is 46.5 Å². The van der Waals surface area contributed by atoms with Crippen LogP contribution in [-0.4, -0.2) is 13.1 Å². The molecule has 0 heterocycles. The molecule has 1 rings (SSSR count). The third-order valence-electron chi connectivity index (χ3n) is 3.45. The molecule has 0 aromatic heterocycles. The van der Waals surface area contributed by atoms with Crippen LogP contribution in [0.25, 0.3) is 0 Å². The summed E-state index contributed by atoms with van der Waals surface area (Å²) in [6.45, 7) is 8.89. The van der Waals surface area contributed by atoms with Crippen molar-refractivity contribution in [1.29, 1.82) is 0 Å². The minimum Gasteiger partial charge on any atom is -0.316 e. The predicted molar refractivity (Wildman–Crippen MR) is 80.8 cm³/mol. The molecule has 0 fully saturated rings. The van der Waals surface area contributed by atoms with Crippen LogP contribution in [0.4, 0.5) is 4.39 Å². The van der Waals surface area contributed by atoms with Crippen LogP contribution in [-0.2, 0) is 6.42 Å². The van der Waals surface area contributed by atoms with Crippen LogP contribution in [0.2, 0.25) is 0 Å². The number of halogens is 1. The van der Waals surface area contributed by atoms with E-state index in [1.165, 1.54) is 24.8 Å². The van der Waals surface area contributed by atoms with Gasteiger partial charge in [-0.15, -0.1) is 0 Å². The summed E-state index contributed by atoms with van der Waals surface area (Å²) in [4.78, 5) is 0. The lowest BCUT2D eigenvalue weighted by Crippen LogP contribution is -2.25. The second-order valence-corrected chi connectivity index (χ2v) is 5.87. The molecule has 0 radical (unpaired) electrons.